The highest BCUT2D eigenvalue weighted by molar-refractivity contribution is 5.95. The van der Waals surface area contributed by atoms with Crippen LogP contribution in [-0.2, 0) is 0 Å². The van der Waals surface area contributed by atoms with Crippen molar-refractivity contribution in [3.05, 3.63) is 23.7 Å². The number of furan rings is 1. The van der Waals surface area contributed by atoms with E-state index in [1.807, 2.05) is 6.92 Å². The minimum absolute atomic E-state index is 0.0167. The zero-order chi connectivity index (χ0) is 13.8. The van der Waals surface area contributed by atoms with E-state index in [9.17, 15) is 9.59 Å². The van der Waals surface area contributed by atoms with Crippen LogP contribution in [-0.4, -0.2) is 34.5 Å². The summed E-state index contributed by atoms with van der Waals surface area (Å²) in [7, 11) is 0. The maximum atomic E-state index is 12.4. The Bertz CT molecular complexity index is 460. The van der Waals surface area contributed by atoms with Crippen molar-refractivity contribution in [2.24, 2.45) is 0 Å². The second-order valence-electron chi connectivity index (χ2n) is 4.89. The molecule has 2 rings (SSSR count). The van der Waals surface area contributed by atoms with Crippen molar-refractivity contribution in [2.75, 3.05) is 6.54 Å². The molecule has 1 aliphatic carbocycles. The van der Waals surface area contributed by atoms with Gasteiger partial charge in [0.25, 0.3) is 5.91 Å². The average Bonchev–Trinajstić information content (AvgIpc) is 2.90. The first-order chi connectivity index (χ1) is 9.13. The summed E-state index contributed by atoms with van der Waals surface area (Å²) in [5, 5.41) is 8.84. The summed E-state index contributed by atoms with van der Waals surface area (Å²) in [6, 6.07) is 1.56. The zero-order valence-corrected chi connectivity index (χ0v) is 11.1. The van der Waals surface area contributed by atoms with Gasteiger partial charge in [-0.3, -0.25) is 4.79 Å². The van der Waals surface area contributed by atoms with Gasteiger partial charge in [-0.25, -0.2) is 4.79 Å². The summed E-state index contributed by atoms with van der Waals surface area (Å²) in [6.45, 7) is 2.56. The number of carboxylic acids is 1. The van der Waals surface area contributed by atoms with Crippen LogP contribution >= 0.6 is 0 Å². The Labute approximate surface area is 112 Å². The molecule has 0 aliphatic heterocycles. The van der Waals surface area contributed by atoms with Crippen molar-refractivity contribution in [2.45, 2.75) is 45.1 Å². The molecule has 5 nitrogen and oxygen atoms in total. The molecule has 1 aromatic heterocycles. The van der Waals surface area contributed by atoms with E-state index in [1.165, 1.54) is 12.5 Å². The topological polar surface area (TPSA) is 70.8 Å². The number of hydrogen-bond acceptors (Lipinski definition) is 3. The molecule has 0 spiro atoms. The fourth-order valence-electron chi connectivity index (χ4n) is 2.66. The SMILES string of the molecule is CCN(C(=O)c1cc(C(=O)O)co1)C1CCCCC1. The van der Waals surface area contributed by atoms with Gasteiger partial charge in [0, 0.05) is 18.7 Å². The average molecular weight is 265 g/mol. The lowest BCUT2D eigenvalue weighted by Crippen LogP contribution is -2.41. The molecule has 0 radical (unpaired) electrons. The Balaban J connectivity index is 2.12. The molecule has 1 heterocycles. The van der Waals surface area contributed by atoms with E-state index in [1.54, 1.807) is 4.90 Å². The van der Waals surface area contributed by atoms with Gasteiger partial charge in [0.2, 0.25) is 0 Å². The lowest BCUT2D eigenvalue weighted by atomic mass is 9.94. The third-order valence-corrected chi connectivity index (χ3v) is 3.67. The van der Waals surface area contributed by atoms with E-state index >= 15 is 0 Å². The molecule has 1 aliphatic rings. The monoisotopic (exact) mass is 265 g/mol. The van der Waals surface area contributed by atoms with Gasteiger partial charge in [0.05, 0.1) is 5.56 Å². The van der Waals surface area contributed by atoms with E-state index in [-0.39, 0.29) is 23.3 Å². The molecule has 0 atom stereocenters. The van der Waals surface area contributed by atoms with Crippen LogP contribution in [0, 0.1) is 0 Å². The summed E-state index contributed by atoms with van der Waals surface area (Å²) in [6.07, 6.45) is 6.68. The highest BCUT2D eigenvalue weighted by atomic mass is 16.4. The van der Waals surface area contributed by atoms with Gasteiger partial charge in [0.1, 0.15) is 6.26 Å². The van der Waals surface area contributed by atoms with Crippen LogP contribution in [0.5, 0.6) is 0 Å². The maximum absolute atomic E-state index is 12.4. The number of carbonyl (C=O) groups excluding carboxylic acids is 1. The molecule has 1 amide bonds. The number of carbonyl (C=O) groups is 2. The molecular formula is C14H19NO4. The van der Waals surface area contributed by atoms with Crippen LogP contribution < -0.4 is 0 Å². The van der Waals surface area contributed by atoms with Crippen molar-refractivity contribution < 1.29 is 19.1 Å². The van der Waals surface area contributed by atoms with Crippen LogP contribution in [0.25, 0.3) is 0 Å². The van der Waals surface area contributed by atoms with Crippen molar-refractivity contribution >= 4 is 11.9 Å². The highest BCUT2D eigenvalue weighted by Crippen LogP contribution is 2.24. The van der Waals surface area contributed by atoms with E-state index in [0.717, 1.165) is 31.9 Å². The van der Waals surface area contributed by atoms with E-state index in [4.69, 9.17) is 9.52 Å². The van der Waals surface area contributed by atoms with Crippen molar-refractivity contribution in [3.63, 3.8) is 0 Å². The number of hydrogen-bond donors (Lipinski definition) is 1. The summed E-state index contributed by atoms with van der Waals surface area (Å²) in [5.41, 5.74) is 0.0167. The van der Waals surface area contributed by atoms with Crippen molar-refractivity contribution in [1.29, 1.82) is 0 Å². The zero-order valence-electron chi connectivity index (χ0n) is 11.1. The largest absolute Gasteiger partial charge is 0.478 e. The fraction of sp³-hybridized carbons (Fsp3) is 0.571. The first-order valence-corrected chi connectivity index (χ1v) is 6.76. The molecule has 0 unspecified atom stereocenters. The standard InChI is InChI=1S/C14H19NO4/c1-2-15(11-6-4-3-5-7-11)13(16)12-8-10(9-19-12)14(17)18/h8-9,11H,2-7H2,1H3,(H,17,18). The molecule has 0 aromatic carbocycles. The van der Waals surface area contributed by atoms with Gasteiger partial charge in [-0.15, -0.1) is 0 Å². The third-order valence-electron chi connectivity index (χ3n) is 3.67. The van der Waals surface area contributed by atoms with Crippen LogP contribution in [0.3, 0.4) is 0 Å². The second kappa shape index (κ2) is 5.91. The number of rotatable bonds is 4. The van der Waals surface area contributed by atoms with Gasteiger partial charge in [-0.2, -0.15) is 0 Å². The fourth-order valence-corrected chi connectivity index (χ4v) is 2.66. The predicted octanol–water partition coefficient (Wildman–Crippen LogP) is 2.77. The molecule has 1 fully saturated rings. The Hall–Kier alpha value is -1.78. The number of amides is 1. The Morgan fingerprint density at radius 3 is 2.58 bits per heavy atom. The Kier molecular flexibility index (Phi) is 4.24. The summed E-state index contributed by atoms with van der Waals surface area (Å²) in [5.74, 6) is -1.17. The van der Waals surface area contributed by atoms with E-state index in [2.05, 4.69) is 0 Å². The molecule has 5 heteroatoms. The minimum atomic E-state index is -1.08. The maximum Gasteiger partial charge on any atom is 0.338 e. The molecule has 104 valence electrons. The molecule has 19 heavy (non-hydrogen) atoms. The van der Waals surface area contributed by atoms with Crippen LogP contribution in [0.4, 0.5) is 0 Å². The van der Waals surface area contributed by atoms with Crippen LogP contribution in [0.1, 0.15) is 59.9 Å². The van der Waals surface area contributed by atoms with Crippen LogP contribution in [0.15, 0.2) is 16.7 Å². The first-order valence-electron chi connectivity index (χ1n) is 6.76. The van der Waals surface area contributed by atoms with Gasteiger partial charge >= 0.3 is 5.97 Å². The number of aromatic carboxylic acids is 1. The van der Waals surface area contributed by atoms with Crippen molar-refractivity contribution in [3.8, 4) is 0 Å². The van der Waals surface area contributed by atoms with Gasteiger partial charge in [-0.05, 0) is 19.8 Å². The molecule has 0 saturated heterocycles. The number of carboxylic acid groups (broad SMARTS) is 1. The summed E-state index contributed by atoms with van der Waals surface area (Å²) < 4.78 is 5.09. The second-order valence-corrected chi connectivity index (χ2v) is 4.89. The normalized spacial score (nSPS) is 16.3. The summed E-state index contributed by atoms with van der Waals surface area (Å²) >= 11 is 0. The quantitative estimate of drug-likeness (QED) is 0.908. The molecule has 1 N–H and O–H groups in total. The van der Waals surface area contributed by atoms with E-state index in [0.29, 0.717) is 6.54 Å². The molecule has 0 bridgehead atoms. The first kappa shape index (κ1) is 13.6. The lowest BCUT2D eigenvalue weighted by Gasteiger charge is -2.32. The Morgan fingerprint density at radius 2 is 2.05 bits per heavy atom. The van der Waals surface area contributed by atoms with Gasteiger partial charge in [0.15, 0.2) is 5.76 Å². The minimum Gasteiger partial charge on any atom is -0.478 e. The Morgan fingerprint density at radius 1 is 1.37 bits per heavy atom. The van der Waals surface area contributed by atoms with Crippen molar-refractivity contribution in [1.82, 2.24) is 4.90 Å². The molecule has 1 saturated carbocycles. The predicted molar refractivity (Wildman–Crippen MR) is 69.3 cm³/mol. The van der Waals surface area contributed by atoms with Gasteiger partial charge < -0.3 is 14.4 Å². The van der Waals surface area contributed by atoms with Crippen LogP contribution in [0.2, 0.25) is 0 Å². The lowest BCUT2D eigenvalue weighted by molar-refractivity contribution is 0.0614. The third kappa shape index (κ3) is 2.97. The van der Waals surface area contributed by atoms with Gasteiger partial charge in [-0.1, -0.05) is 19.3 Å². The number of nitrogens with zero attached hydrogens (tertiary/aromatic N) is 1. The molecule has 1 aromatic rings. The summed E-state index contributed by atoms with van der Waals surface area (Å²) in [4.78, 5) is 24.9. The highest BCUT2D eigenvalue weighted by Gasteiger charge is 2.27. The van der Waals surface area contributed by atoms with E-state index < -0.39 is 5.97 Å². The smallest absolute Gasteiger partial charge is 0.338 e. The molecular weight excluding hydrogens is 246 g/mol.